The normalized spacial score (nSPS) is 10.5. The molecule has 3 N–H and O–H groups in total. The van der Waals surface area contributed by atoms with Crippen molar-refractivity contribution in [2.45, 2.75) is 20.4 Å². The molecule has 1 aromatic carbocycles. The first kappa shape index (κ1) is 17.3. The second-order valence-electron chi connectivity index (χ2n) is 5.28. The molecule has 126 valence electrons. The molecule has 0 fully saturated rings. The zero-order valence-corrected chi connectivity index (χ0v) is 13.0. The molecule has 0 saturated heterocycles. The van der Waals surface area contributed by atoms with Gasteiger partial charge < -0.3 is 15.6 Å². The summed E-state index contributed by atoms with van der Waals surface area (Å²) >= 11 is 0. The fraction of sp³-hybridized carbons (Fsp3) is 0.188. The number of hydrogen-bond acceptors (Lipinski definition) is 3. The highest BCUT2D eigenvalue weighted by atomic mass is 19.2. The van der Waals surface area contributed by atoms with Crippen LogP contribution < -0.4 is 16.6 Å². The molecule has 1 heterocycles. The Morgan fingerprint density at radius 2 is 1.83 bits per heavy atom. The minimum Gasteiger partial charge on any atom is -0.365 e. The fourth-order valence-electron chi connectivity index (χ4n) is 2.34. The highest BCUT2D eigenvalue weighted by molar-refractivity contribution is 5.94. The largest absolute Gasteiger partial charge is 0.365 e. The summed E-state index contributed by atoms with van der Waals surface area (Å²) in [5.41, 5.74) is 5.24. The van der Waals surface area contributed by atoms with E-state index in [9.17, 15) is 23.2 Å². The maximum Gasteiger partial charge on any atom is 0.264 e. The van der Waals surface area contributed by atoms with Gasteiger partial charge in [0.05, 0.1) is 0 Å². The van der Waals surface area contributed by atoms with Crippen LogP contribution in [0.15, 0.2) is 29.1 Å². The van der Waals surface area contributed by atoms with Gasteiger partial charge in [-0.1, -0.05) is 0 Å². The summed E-state index contributed by atoms with van der Waals surface area (Å²) in [4.78, 5) is 35.7. The molecule has 8 heteroatoms. The van der Waals surface area contributed by atoms with Crippen molar-refractivity contribution in [2.24, 2.45) is 5.73 Å². The van der Waals surface area contributed by atoms with Crippen LogP contribution in [0.1, 0.15) is 21.6 Å². The van der Waals surface area contributed by atoms with E-state index >= 15 is 0 Å². The second kappa shape index (κ2) is 6.61. The summed E-state index contributed by atoms with van der Waals surface area (Å²) in [6, 6.07) is 4.45. The highest BCUT2D eigenvalue weighted by Crippen LogP contribution is 2.13. The van der Waals surface area contributed by atoms with E-state index in [0.29, 0.717) is 11.3 Å². The lowest BCUT2D eigenvalue weighted by atomic mass is 10.1. The first-order chi connectivity index (χ1) is 11.2. The number of hydrogen-bond donors (Lipinski definition) is 2. The molecule has 0 aliphatic carbocycles. The molecule has 0 saturated carbocycles. The first-order valence-corrected chi connectivity index (χ1v) is 6.96. The Kier molecular flexibility index (Phi) is 4.77. The van der Waals surface area contributed by atoms with Crippen molar-refractivity contribution in [3.8, 4) is 0 Å². The lowest BCUT2D eigenvalue weighted by molar-refractivity contribution is -0.116. The van der Waals surface area contributed by atoms with Gasteiger partial charge >= 0.3 is 0 Å². The molecule has 0 unspecified atom stereocenters. The maximum atomic E-state index is 13.1. The molecule has 0 bridgehead atoms. The number of aromatic nitrogens is 1. The van der Waals surface area contributed by atoms with Crippen molar-refractivity contribution in [3.63, 3.8) is 0 Å². The summed E-state index contributed by atoms with van der Waals surface area (Å²) in [5.74, 6) is -3.66. The monoisotopic (exact) mass is 335 g/mol. The molecule has 0 radical (unpaired) electrons. The molecule has 1 aromatic heterocycles. The van der Waals surface area contributed by atoms with Crippen molar-refractivity contribution < 1.29 is 18.4 Å². The average molecular weight is 335 g/mol. The molecule has 0 spiro atoms. The number of primary amides is 1. The minimum atomic E-state index is -1.10. The standard InChI is InChI=1S/C16H15F2N3O3/c1-8-5-9(2)21(16(24)14(8)15(19)23)7-13(22)20-10-3-4-11(17)12(18)6-10/h3-6H,7H2,1-2H3,(H2,19,23)(H,20,22). The molecule has 0 atom stereocenters. The minimum absolute atomic E-state index is 0.0480. The van der Waals surface area contributed by atoms with Gasteiger partial charge in [-0.05, 0) is 37.6 Å². The second-order valence-corrected chi connectivity index (χ2v) is 5.28. The zero-order valence-electron chi connectivity index (χ0n) is 13.0. The molecule has 2 aromatic rings. The third-order valence-corrected chi connectivity index (χ3v) is 3.46. The molecule has 24 heavy (non-hydrogen) atoms. The van der Waals surface area contributed by atoms with Crippen LogP contribution in [0.25, 0.3) is 0 Å². The molecule has 2 rings (SSSR count). The van der Waals surface area contributed by atoms with E-state index in [1.54, 1.807) is 19.9 Å². The number of amides is 2. The van der Waals surface area contributed by atoms with Gasteiger partial charge in [0.15, 0.2) is 11.6 Å². The van der Waals surface area contributed by atoms with Gasteiger partial charge in [-0.15, -0.1) is 0 Å². The van der Waals surface area contributed by atoms with Crippen molar-refractivity contribution in [2.75, 3.05) is 5.32 Å². The van der Waals surface area contributed by atoms with Gasteiger partial charge in [-0.3, -0.25) is 14.4 Å². The lowest BCUT2D eigenvalue weighted by Gasteiger charge is -2.13. The van der Waals surface area contributed by atoms with Gasteiger partial charge in [0, 0.05) is 17.4 Å². The van der Waals surface area contributed by atoms with E-state index in [1.165, 1.54) is 6.07 Å². The van der Waals surface area contributed by atoms with E-state index in [1.807, 2.05) is 0 Å². The Labute approximate surface area is 135 Å². The van der Waals surface area contributed by atoms with E-state index in [2.05, 4.69) is 5.32 Å². The predicted molar refractivity (Wildman–Crippen MR) is 83.7 cm³/mol. The molecule has 0 aliphatic rings. The number of carbonyl (C=O) groups excluding carboxylic acids is 2. The topological polar surface area (TPSA) is 94.2 Å². The van der Waals surface area contributed by atoms with Crippen molar-refractivity contribution in [1.29, 1.82) is 0 Å². The van der Waals surface area contributed by atoms with E-state index in [0.717, 1.165) is 16.7 Å². The number of nitrogens with two attached hydrogens (primary N) is 1. The predicted octanol–water partition coefficient (Wildman–Crippen LogP) is 1.48. The Hall–Kier alpha value is -3.03. The summed E-state index contributed by atoms with van der Waals surface area (Å²) in [6.07, 6.45) is 0. The summed E-state index contributed by atoms with van der Waals surface area (Å²) < 4.78 is 27.1. The highest BCUT2D eigenvalue weighted by Gasteiger charge is 2.17. The summed E-state index contributed by atoms with van der Waals surface area (Å²) in [6.45, 7) is 2.77. The quantitative estimate of drug-likeness (QED) is 0.886. The van der Waals surface area contributed by atoms with E-state index in [-0.39, 0.29) is 11.3 Å². The number of nitrogens with zero attached hydrogens (tertiary/aromatic N) is 1. The number of nitrogens with one attached hydrogen (secondary N) is 1. The molecule has 6 nitrogen and oxygen atoms in total. The number of aryl methyl sites for hydroxylation is 2. The molecular weight excluding hydrogens is 320 g/mol. The third-order valence-electron chi connectivity index (χ3n) is 3.46. The van der Waals surface area contributed by atoms with Gasteiger partial charge in [-0.25, -0.2) is 8.78 Å². The number of carbonyl (C=O) groups is 2. The van der Waals surface area contributed by atoms with Gasteiger partial charge in [0.25, 0.3) is 11.5 Å². The van der Waals surface area contributed by atoms with E-state index < -0.39 is 35.6 Å². The van der Waals surface area contributed by atoms with Crippen LogP contribution in [0.5, 0.6) is 0 Å². The Morgan fingerprint density at radius 1 is 1.17 bits per heavy atom. The fourth-order valence-corrected chi connectivity index (χ4v) is 2.34. The number of rotatable bonds is 4. The van der Waals surface area contributed by atoms with E-state index in [4.69, 9.17) is 5.73 Å². The third kappa shape index (κ3) is 3.48. The lowest BCUT2D eigenvalue weighted by Crippen LogP contribution is -2.35. The zero-order chi connectivity index (χ0) is 18.0. The van der Waals surface area contributed by atoms with Crippen LogP contribution >= 0.6 is 0 Å². The Morgan fingerprint density at radius 3 is 2.42 bits per heavy atom. The summed E-state index contributed by atoms with van der Waals surface area (Å²) in [7, 11) is 0. The van der Waals surface area contributed by atoms with Crippen molar-refractivity contribution in [1.82, 2.24) is 4.57 Å². The van der Waals surface area contributed by atoms with Gasteiger partial charge in [-0.2, -0.15) is 0 Å². The smallest absolute Gasteiger partial charge is 0.264 e. The number of halogens is 2. The van der Waals surface area contributed by atoms with Crippen LogP contribution in [-0.2, 0) is 11.3 Å². The van der Waals surface area contributed by atoms with Crippen molar-refractivity contribution >= 4 is 17.5 Å². The number of anilines is 1. The van der Waals surface area contributed by atoms with Crippen LogP contribution in [0.4, 0.5) is 14.5 Å². The summed E-state index contributed by atoms with van der Waals surface area (Å²) in [5, 5.41) is 2.35. The van der Waals surface area contributed by atoms with Gasteiger partial charge in [0.1, 0.15) is 12.1 Å². The maximum absolute atomic E-state index is 13.1. The van der Waals surface area contributed by atoms with Crippen LogP contribution in [-0.4, -0.2) is 16.4 Å². The molecule has 0 aliphatic heterocycles. The number of pyridine rings is 1. The Bertz CT molecular complexity index is 891. The van der Waals surface area contributed by atoms with Crippen LogP contribution in [0, 0.1) is 25.5 Å². The SMILES string of the molecule is Cc1cc(C)n(CC(=O)Nc2ccc(F)c(F)c2)c(=O)c1C(N)=O. The van der Waals surface area contributed by atoms with Crippen molar-refractivity contribution in [3.05, 3.63) is 63.1 Å². The average Bonchev–Trinajstić information content (AvgIpc) is 2.46. The van der Waals surface area contributed by atoms with Crippen LogP contribution in [0.2, 0.25) is 0 Å². The van der Waals surface area contributed by atoms with Gasteiger partial charge in [0.2, 0.25) is 5.91 Å². The molecular formula is C16H15F2N3O3. The first-order valence-electron chi connectivity index (χ1n) is 6.96. The van der Waals surface area contributed by atoms with Crippen LogP contribution in [0.3, 0.4) is 0 Å². The Balaban J connectivity index is 2.29. The number of benzene rings is 1. The molecule has 2 amide bonds.